The van der Waals surface area contributed by atoms with Crippen molar-refractivity contribution in [1.29, 1.82) is 0 Å². The lowest BCUT2D eigenvalue weighted by atomic mass is 9.97. The first kappa shape index (κ1) is 80.8. The molecule has 0 aliphatic carbocycles. The van der Waals surface area contributed by atoms with Crippen LogP contribution in [0.25, 0.3) is 212 Å². The lowest BCUT2D eigenvalue weighted by molar-refractivity contribution is 0.221. The number of ether oxygens (including phenoxy) is 4. The van der Waals surface area contributed by atoms with Gasteiger partial charge in [0.25, 0.3) is 0 Å². The lowest BCUT2D eigenvalue weighted by Crippen LogP contribution is -2.10. The summed E-state index contributed by atoms with van der Waals surface area (Å²) in [7, 11) is 3.01. The highest BCUT2D eigenvalue weighted by molar-refractivity contribution is 6.22. The van der Waals surface area contributed by atoms with Gasteiger partial charge in [-0.05, 0) is 194 Å². The van der Waals surface area contributed by atoms with Gasteiger partial charge < -0.3 is 57.0 Å². The molecule has 24 nitrogen and oxygen atoms in total. The monoisotopic (exact) mass is 1710 g/mol. The van der Waals surface area contributed by atoms with Crippen LogP contribution in [0, 0.1) is 0 Å². The second-order valence-corrected chi connectivity index (χ2v) is 31.0. The molecule has 0 amide bonds. The maximum absolute atomic E-state index is 10.4. The lowest BCUT2D eigenvalue weighted by Gasteiger charge is -2.11. The van der Waals surface area contributed by atoms with Crippen LogP contribution in [0.4, 0.5) is 0 Å². The van der Waals surface area contributed by atoms with Crippen LogP contribution in [0.1, 0.15) is 27.7 Å². The van der Waals surface area contributed by atoms with Crippen LogP contribution in [0.3, 0.4) is 0 Å². The molecule has 0 spiro atoms. The molecule has 23 aromatic rings. The van der Waals surface area contributed by atoms with Crippen molar-refractivity contribution in [2.75, 3.05) is 14.2 Å². The Kier molecular flexibility index (Phi) is 21.5. The highest BCUT2D eigenvalue weighted by atomic mass is 16.5. The molecule has 15 aromatic carbocycles. The third kappa shape index (κ3) is 16.1. The third-order valence-electron chi connectivity index (χ3n) is 21.8. The van der Waals surface area contributed by atoms with Crippen LogP contribution in [0.15, 0.2) is 333 Å². The van der Waals surface area contributed by atoms with Crippen molar-refractivity contribution < 1.29 is 57.0 Å². The van der Waals surface area contributed by atoms with Crippen LogP contribution in [-0.4, -0.2) is 107 Å². The van der Waals surface area contributed by atoms with E-state index in [0.29, 0.717) is 68.8 Å². The molecule has 0 atom stereocenters. The Bertz CT molecular complexity index is 8280. The van der Waals surface area contributed by atoms with Gasteiger partial charge in [-0.3, -0.25) is 0 Å². The highest BCUT2D eigenvalue weighted by Gasteiger charge is 2.25. The molecule has 23 rings (SSSR count). The second kappa shape index (κ2) is 34.5. The predicted molar refractivity (Wildman–Crippen MR) is 504 cm³/mol. The van der Waals surface area contributed by atoms with E-state index in [1.807, 2.05) is 204 Å². The van der Waals surface area contributed by atoms with Gasteiger partial charge in [-0.15, -0.1) is 0 Å². The molecule has 8 aromatic heterocycles. The molecule has 0 aliphatic heterocycles. The number of phenols is 4. The molecule has 0 unspecified atom stereocenters. The topological polar surface area (TPSA) is 325 Å². The highest BCUT2D eigenvalue weighted by Crippen LogP contribution is 2.44. The fourth-order valence-electron chi connectivity index (χ4n) is 15.7. The first-order valence-corrected chi connectivity index (χ1v) is 41.8. The maximum Gasteiger partial charge on any atom is 0.320 e. The number of aromatic hydroxyl groups is 4. The van der Waals surface area contributed by atoms with Gasteiger partial charge in [0.2, 0.25) is 0 Å². The van der Waals surface area contributed by atoms with Crippen LogP contribution >= 0.6 is 0 Å². The van der Waals surface area contributed by atoms with Crippen LogP contribution in [0.5, 0.6) is 47.0 Å². The van der Waals surface area contributed by atoms with Crippen molar-refractivity contribution in [3.05, 3.63) is 315 Å². The van der Waals surface area contributed by atoms with Crippen LogP contribution < -0.4 is 18.9 Å². The summed E-state index contributed by atoms with van der Waals surface area (Å²) in [5, 5.41) is 53.8. The number of phenolic OH excluding ortho intramolecular Hbond substituents is 4. The van der Waals surface area contributed by atoms with Crippen molar-refractivity contribution in [2.45, 2.75) is 39.9 Å². The smallest absolute Gasteiger partial charge is 0.320 e. The Morgan fingerprint density at radius 3 is 1.05 bits per heavy atom. The fraction of sp³-hybridized carbons (Fsp3) is 0.0755. The number of methoxy groups -OCH3 is 2. The quantitative estimate of drug-likeness (QED) is 0.0741. The van der Waals surface area contributed by atoms with Crippen LogP contribution in [0.2, 0.25) is 0 Å². The molecular formula is C106H76N12O12. The fourth-order valence-corrected chi connectivity index (χ4v) is 15.7. The number of benzene rings is 15. The van der Waals surface area contributed by atoms with E-state index in [1.165, 1.54) is 19.6 Å². The minimum atomic E-state index is -0.102. The number of para-hydroxylation sites is 6. The molecule has 0 fully saturated rings. The van der Waals surface area contributed by atoms with E-state index in [-0.39, 0.29) is 59.2 Å². The average Bonchev–Trinajstić information content (AvgIpc) is 1.55. The summed E-state index contributed by atoms with van der Waals surface area (Å²) in [5.74, 6) is 3.49. The minimum Gasteiger partial charge on any atom is -0.507 e. The summed E-state index contributed by atoms with van der Waals surface area (Å²) in [6.07, 6.45) is -0.201. The van der Waals surface area contributed by atoms with E-state index in [9.17, 15) is 20.4 Å². The molecule has 4 N–H and O–H groups in total. The molecule has 632 valence electrons. The molecule has 130 heavy (non-hydrogen) atoms. The molecule has 24 heteroatoms. The molecule has 8 heterocycles. The first-order chi connectivity index (χ1) is 63.5. The molecule has 0 radical (unpaired) electrons. The van der Waals surface area contributed by atoms with E-state index in [0.717, 1.165) is 137 Å². The number of hydrogen-bond donors (Lipinski definition) is 4. The molecule has 0 saturated heterocycles. The minimum absolute atomic E-state index is 0.0820. The molecule has 0 aliphatic rings. The summed E-state index contributed by atoms with van der Waals surface area (Å²) in [5.41, 5.74) is 13.7. The number of nitrogens with zero attached hydrogens (tertiary/aromatic N) is 12. The Morgan fingerprint density at radius 2 is 0.538 bits per heavy atom. The van der Waals surface area contributed by atoms with Gasteiger partial charge in [-0.25, -0.2) is 19.9 Å². The van der Waals surface area contributed by atoms with Gasteiger partial charge in [0.05, 0.1) is 48.7 Å². The zero-order chi connectivity index (χ0) is 88.6. The van der Waals surface area contributed by atoms with Crippen molar-refractivity contribution in [3.8, 4) is 149 Å². The Morgan fingerprint density at radius 1 is 0.215 bits per heavy atom. The Hall–Kier alpha value is -17.5. The van der Waals surface area contributed by atoms with Crippen molar-refractivity contribution in [1.82, 2.24) is 59.8 Å². The summed E-state index contributed by atoms with van der Waals surface area (Å²) in [6.45, 7) is 7.63. The Labute approximate surface area is 740 Å². The average molecular weight is 1710 g/mol. The largest absolute Gasteiger partial charge is 0.507 e. The SMILES string of the molecule is CC(C)Oc1nc(-c2ccc3c(c2)oc2ccccc23)nc(-c2ccccc2O)n1.CC(C)Oc1nc(-c2ccc3oc4ccccc4c3c2)nc(-c2ccccc2O)n1.COc1nc(-c2ccc3c(c2)oc2cc4ccccc4cc23)nc(-c2ccccc2O)n1.COc1nc(-c2ccccc2O)nc(-c2cc3oc4cc(-c5ccccc5)ccc4c3c3ccccc23)n1. The van der Waals surface area contributed by atoms with Crippen molar-refractivity contribution >= 4 is 109 Å². The number of aromatic nitrogens is 12. The Balaban J connectivity index is 0.000000109. The first-order valence-electron chi connectivity index (χ1n) is 41.8. The van der Waals surface area contributed by atoms with E-state index in [2.05, 4.69) is 122 Å². The van der Waals surface area contributed by atoms with Crippen molar-refractivity contribution in [3.63, 3.8) is 0 Å². The van der Waals surface area contributed by atoms with E-state index in [4.69, 9.17) is 41.6 Å². The van der Waals surface area contributed by atoms with E-state index in [1.54, 1.807) is 72.8 Å². The maximum atomic E-state index is 10.4. The zero-order valence-corrected chi connectivity index (χ0v) is 70.6. The molecule has 0 bridgehead atoms. The summed E-state index contributed by atoms with van der Waals surface area (Å²) in [4.78, 5) is 54.1. The van der Waals surface area contributed by atoms with Crippen LogP contribution in [-0.2, 0) is 0 Å². The van der Waals surface area contributed by atoms with Crippen molar-refractivity contribution in [2.24, 2.45) is 0 Å². The molecular weight excluding hydrogens is 1630 g/mol. The standard InChI is InChI=1S/C32H21N3O3.C26H17N3O3.2C24H19N3O3/c1-37-32-34-30(23-13-7-8-14-26(23)36)33-31(35-32)25-18-28-29(22-12-6-5-11-21(22)25)24-16-15-20(17-27(24)38-28)19-9-3-2-4-10-19;1-31-26-28-24(27-25(29-26)19-8-4-5-9-21(19)30)17-10-11-18-20-12-15-6-2-3-7-16(15)13-23(20)32-22(18)14-17;1-14(2)29-24-26-22(25-23(27-24)18-8-3-5-9-19(18)28)15-11-12-17-16-7-4-6-10-20(16)30-21(17)13-15;1-14(2)29-24-26-22(25-23(27-24)17-8-3-5-9-19(17)28)15-11-12-21-18(13-15)16-7-4-6-10-20(16)30-21/h2-18,36H,1H3;2-14,30H,1H3;2*3-14,28H,1-2H3. The third-order valence-corrected chi connectivity index (χ3v) is 21.8. The molecule has 0 saturated carbocycles. The number of rotatable bonds is 15. The van der Waals surface area contributed by atoms with E-state index >= 15 is 0 Å². The van der Waals surface area contributed by atoms with Gasteiger partial charge in [-0.1, -0.05) is 182 Å². The van der Waals surface area contributed by atoms with Gasteiger partial charge >= 0.3 is 24.0 Å². The number of fused-ring (bicyclic) bond motifs is 15. The van der Waals surface area contributed by atoms with Gasteiger partial charge in [-0.2, -0.15) is 39.9 Å². The zero-order valence-electron chi connectivity index (χ0n) is 70.6. The predicted octanol–water partition coefficient (Wildman–Crippen LogP) is 24.8. The number of hydrogen-bond acceptors (Lipinski definition) is 24. The summed E-state index contributed by atoms with van der Waals surface area (Å²) in [6, 6.07) is 101. The summed E-state index contributed by atoms with van der Waals surface area (Å²) >= 11 is 0. The summed E-state index contributed by atoms with van der Waals surface area (Å²) < 4.78 is 46.7. The van der Waals surface area contributed by atoms with E-state index < -0.39 is 0 Å². The normalized spacial score (nSPS) is 11.4. The van der Waals surface area contributed by atoms with Gasteiger partial charge in [0.15, 0.2) is 46.6 Å². The van der Waals surface area contributed by atoms with Gasteiger partial charge in [0.1, 0.15) is 67.7 Å². The number of furan rings is 4. The second-order valence-electron chi connectivity index (χ2n) is 31.0. The van der Waals surface area contributed by atoms with Gasteiger partial charge in [0, 0.05) is 65.3 Å².